The lowest BCUT2D eigenvalue weighted by Gasteiger charge is -2.28. The minimum absolute atomic E-state index is 0. The summed E-state index contributed by atoms with van der Waals surface area (Å²) in [7, 11) is 0. The van der Waals surface area contributed by atoms with E-state index in [-0.39, 0.29) is 47.5 Å². The van der Waals surface area contributed by atoms with Crippen LogP contribution in [0.3, 0.4) is 0 Å². The fourth-order valence-corrected chi connectivity index (χ4v) is 3.25. The molecule has 0 aliphatic heterocycles. The maximum Gasteiger partial charge on any atom is 0.316 e. The monoisotopic (exact) mass is 635 g/mol. The SMILES string of the molecule is Br.CC(C)(CNC(=O)CNCc1ccccc1)NCC(O)c1ccc(OC(=O)C(C)(C)C)c(OC(=O)C(C)(C)C)c1. The van der Waals surface area contributed by atoms with Crippen LogP contribution in [0, 0.1) is 10.8 Å². The van der Waals surface area contributed by atoms with Gasteiger partial charge in [0.2, 0.25) is 5.91 Å². The molecule has 0 saturated heterocycles. The summed E-state index contributed by atoms with van der Waals surface area (Å²) in [6.07, 6.45) is -0.957. The van der Waals surface area contributed by atoms with Crippen LogP contribution in [0.2, 0.25) is 0 Å². The van der Waals surface area contributed by atoms with Gasteiger partial charge in [0, 0.05) is 25.2 Å². The minimum atomic E-state index is -0.957. The van der Waals surface area contributed by atoms with Crippen molar-refractivity contribution in [2.24, 2.45) is 10.8 Å². The first-order valence-corrected chi connectivity index (χ1v) is 13.5. The molecule has 10 heteroatoms. The quantitative estimate of drug-likeness (QED) is 0.199. The average molecular weight is 637 g/mol. The number of esters is 2. The van der Waals surface area contributed by atoms with Gasteiger partial charge in [-0.2, -0.15) is 0 Å². The lowest BCUT2D eigenvalue weighted by Crippen LogP contribution is -2.51. The molecule has 0 heterocycles. The van der Waals surface area contributed by atoms with Crippen molar-refractivity contribution in [3.8, 4) is 11.5 Å². The van der Waals surface area contributed by atoms with Crippen molar-refractivity contribution in [2.45, 2.75) is 73.6 Å². The molecule has 1 amide bonds. The number of amides is 1. The molecular weight excluding hydrogens is 590 g/mol. The van der Waals surface area contributed by atoms with Gasteiger partial charge in [-0.1, -0.05) is 36.4 Å². The second-order valence-electron chi connectivity index (χ2n) is 12.6. The third-order valence-electron chi connectivity index (χ3n) is 5.94. The van der Waals surface area contributed by atoms with Crippen LogP contribution in [0.1, 0.15) is 72.6 Å². The van der Waals surface area contributed by atoms with E-state index in [1.807, 2.05) is 44.2 Å². The van der Waals surface area contributed by atoms with Gasteiger partial charge in [-0.15, -0.1) is 17.0 Å². The van der Waals surface area contributed by atoms with Crippen LogP contribution in [0.25, 0.3) is 0 Å². The zero-order valence-electron chi connectivity index (χ0n) is 25.4. The highest BCUT2D eigenvalue weighted by molar-refractivity contribution is 8.93. The zero-order chi connectivity index (χ0) is 30.1. The van der Waals surface area contributed by atoms with Gasteiger partial charge in [0.25, 0.3) is 0 Å². The second-order valence-corrected chi connectivity index (χ2v) is 12.6. The number of nitrogens with one attached hydrogen (secondary N) is 3. The van der Waals surface area contributed by atoms with Gasteiger partial charge in [0.1, 0.15) is 0 Å². The Morgan fingerprint density at radius 1 is 0.829 bits per heavy atom. The highest BCUT2D eigenvalue weighted by Crippen LogP contribution is 2.34. The Morgan fingerprint density at radius 2 is 1.39 bits per heavy atom. The summed E-state index contributed by atoms with van der Waals surface area (Å²) in [6, 6.07) is 14.5. The Balaban J connectivity index is 0.00000840. The highest BCUT2D eigenvalue weighted by Gasteiger charge is 2.29. The fourth-order valence-electron chi connectivity index (χ4n) is 3.25. The summed E-state index contributed by atoms with van der Waals surface area (Å²) in [5, 5.41) is 20.2. The van der Waals surface area contributed by atoms with Crippen LogP contribution in [0.4, 0.5) is 0 Å². The molecule has 0 radical (unpaired) electrons. The molecule has 0 saturated carbocycles. The lowest BCUT2D eigenvalue weighted by molar-refractivity contribution is -0.145. The number of halogens is 1. The minimum Gasteiger partial charge on any atom is -0.422 e. The molecule has 2 rings (SSSR count). The van der Waals surface area contributed by atoms with Crippen molar-refractivity contribution >= 4 is 34.8 Å². The molecule has 1 unspecified atom stereocenters. The summed E-state index contributed by atoms with van der Waals surface area (Å²) in [6.45, 7) is 15.5. The van der Waals surface area contributed by atoms with Gasteiger partial charge in [-0.05, 0) is 78.6 Å². The number of rotatable bonds is 12. The summed E-state index contributed by atoms with van der Waals surface area (Å²) >= 11 is 0. The molecule has 0 bridgehead atoms. The predicted octanol–water partition coefficient (Wildman–Crippen LogP) is 4.48. The van der Waals surface area contributed by atoms with E-state index in [0.29, 0.717) is 18.7 Å². The standard InChI is InChI=1S/C31H45N3O6.BrH/c1-29(2,3)27(37)39-24-15-14-22(16-25(24)40-28(38)30(4,5)6)23(35)18-34-31(7,8)20-33-26(36)19-32-17-21-12-10-9-11-13-21;/h9-16,23,32,34-35H,17-20H2,1-8H3,(H,33,36);1H. The van der Waals surface area contributed by atoms with Gasteiger partial charge in [0.05, 0.1) is 23.5 Å². The largest absolute Gasteiger partial charge is 0.422 e. The van der Waals surface area contributed by atoms with E-state index in [1.165, 1.54) is 12.1 Å². The molecule has 1 atom stereocenters. The number of benzene rings is 2. The molecule has 0 aliphatic rings. The number of β-amino-alcohol motifs (C(OH)–C–C–N with tert-alkyl or cyclic N) is 1. The van der Waals surface area contributed by atoms with E-state index in [0.717, 1.165) is 5.56 Å². The van der Waals surface area contributed by atoms with Gasteiger partial charge >= 0.3 is 11.9 Å². The maximum absolute atomic E-state index is 12.6. The molecule has 2 aromatic rings. The molecular formula is C31H46BrN3O6. The highest BCUT2D eigenvalue weighted by atomic mass is 79.9. The van der Waals surface area contributed by atoms with E-state index in [9.17, 15) is 19.5 Å². The van der Waals surface area contributed by atoms with Gasteiger partial charge in [0.15, 0.2) is 11.5 Å². The first-order chi connectivity index (χ1) is 18.5. The Morgan fingerprint density at radius 3 is 1.95 bits per heavy atom. The van der Waals surface area contributed by atoms with Crippen molar-refractivity contribution in [1.82, 2.24) is 16.0 Å². The van der Waals surface area contributed by atoms with Crippen molar-refractivity contribution < 1.29 is 29.0 Å². The van der Waals surface area contributed by atoms with E-state index in [2.05, 4.69) is 16.0 Å². The van der Waals surface area contributed by atoms with Crippen molar-refractivity contribution in [3.05, 3.63) is 59.7 Å². The normalized spacial score (nSPS) is 12.6. The first kappa shape index (κ1) is 36.2. The van der Waals surface area contributed by atoms with Crippen LogP contribution in [0.15, 0.2) is 48.5 Å². The number of hydrogen-bond acceptors (Lipinski definition) is 8. The smallest absolute Gasteiger partial charge is 0.316 e. The van der Waals surface area contributed by atoms with Crippen molar-refractivity contribution in [3.63, 3.8) is 0 Å². The Bertz CT molecular complexity index is 1160. The van der Waals surface area contributed by atoms with E-state index < -0.39 is 34.4 Å². The van der Waals surface area contributed by atoms with E-state index in [4.69, 9.17) is 9.47 Å². The summed E-state index contributed by atoms with van der Waals surface area (Å²) < 4.78 is 11.1. The molecule has 4 N–H and O–H groups in total. The van der Waals surface area contributed by atoms with E-state index >= 15 is 0 Å². The topological polar surface area (TPSA) is 126 Å². The number of hydrogen-bond donors (Lipinski definition) is 4. The van der Waals surface area contributed by atoms with Crippen molar-refractivity contribution in [2.75, 3.05) is 19.6 Å². The first-order valence-electron chi connectivity index (χ1n) is 13.5. The molecule has 0 aromatic heterocycles. The van der Waals surface area contributed by atoms with E-state index in [1.54, 1.807) is 47.6 Å². The predicted molar refractivity (Wildman–Crippen MR) is 165 cm³/mol. The second kappa shape index (κ2) is 15.4. The number of carbonyl (C=O) groups excluding carboxylic acids is 3. The number of carbonyl (C=O) groups is 3. The van der Waals surface area contributed by atoms with Crippen LogP contribution in [-0.2, 0) is 20.9 Å². The molecule has 0 spiro atoms. The van der Waals surface area contributed by atoms with Crippen molar-refractivity contribution in [1.29, 1.82) is 0 Å². The zero-order valence-corrected chi connectivity index (χ0v) is 27.1. The lowest BCUT2D eigenvalue weighted by atomic mass is 9.97. The molecule has 0 aliphatic carbocycles. The third kappa shape index (κ3) is 12.7. The summed E-state index contributed by atoms with van der Waals surface area (Å²) in [5.41, 5.74) is -0.480. The average Bonchev–Trinajstić information content (AvgIpc) is 2.86. The molecule has 2 aromatic carbocycles. The Kier molecular flexibility index (Phi) is 13.6. The third-order valence-corrected chi connectivity index (χ3v) is 5.94. The Labute approximate surface area is 254 Å². The van der Waals surface area contributed by atoms with Crippen LogP contribution < -0.4 is 25.4 Å². The number of aliphatic hydroxyl groups is 1. The Hall–Kier alpha value is -2.79. The van der Waals surface area contributed by atoms with Crippen LogP contribution >= 0.6 is 17.0 Å². The fraction of sp³-hybridized carbons (Fsp3) is 0.516. The number of aliphatic hydroxyl groups excluding tert-OH is 1. The molecule has 0 fully saturated rings. The molecule has 41 heavy (non-hydrogen) atoms. The summed E-state index contributed by atoms with van der Waals surface area (Å²) in [4.78, 5) is 37.4. The molecule has 9 nitrogen and oxygen atoms in total. The van der Waals surface area contributed by atoms with Crippen LogP contribution in [-0.4, -0.2) is 48.1 Å². The van der Waals surface area contributed by atoms with Gasteiger partial charge in [-0.25, -0.2) is 0 Å². The maximum atomic E-state index is 12.6. The van der Waals surface area contributed by atoms with Crippen LogP contribution in [0.5, 0.6) is 11.5 Å². The molecule has 228 valence electrons. The van der Waals surface area contributed by atoms with Gasteiger partial charge in [-0.3, -0.25) is 14.4 Å². The van der Waals surface area contributed by atoms with Gasteiger partial charge < -0.3 is 30.5 Å². The summed E-state index contributed by atoms with van der Waals surface area (Å²) in [5.74, 6) is -0.943. The number of ether oxygens (including phenoxy) is 2.